The second-order valence-corrected chi connectivity index (χ2v) is 12.9. The standard InChI is InChI=1S/C29H38ClN7O4S/c1-41-27-22-7-5-6-21(37-14-12-36(13-15-37)16-17-38)18-20(22)10-11-26(27)33-29-31-19-23(30)28(34-29)32-24-8-3-4-9-25(24)35-42(2,39)40/h3-4,8-11,19,21,35,38H,5-7,12-18H2,1-2H3,(H2,31,32,33,34). The van der Waals surface area contributed by atoms with Crippen LogP contribution in [0, 0.1) is 0 Å². The third kappa shape index (κ3) is 7.42. The summed E-state index contributed by atoms with van der Waals surface area (Å²) in [4.78, 5) is 13.9. The number of anilines is 5. The molecule has 1 saturated heterocycles. The lowest BCUT2D eigenvalue weighted by atomic mass is 9.98. The number of sulfonamides is 1. The average molecular weight is 616 g/mol. The number of benzene rings is 2. The van der Waals surface area contributed by atoms with Crippen molar-refractivity contribution in [2.24, 2.45) is 0 Å². The van der Waals surface area contributed by atoms with Gasteiger partial charge in [0, 0.05) is 38.8 Å². The Hall–Kier alpha value is -3.16. The number of nitrogens with zero attached hydrogens (tertiary/aromatic N) is 4. The fraction of sp³-hybridized carbons (Fsp3) is 0.448. The Morgan fingerprint density at radius 1 is 1.07 bits per heavy atom. The molecular formula is C29H38ClN7O4S. The van der Waals surface area contributed by atoms with Gasteiger partial charge in [-0.15, -0.1) is 0 Å². The molecule has 1 fully saturated rings. The van der Waals surface area contributed by atoms with Crippen molar-refractivity contribution in [2.75, 3.05) is 68.1 Å². The number of hydrogen-bond acceptors (Lipinski definition) is 10. The van der Waals surface area contributed by atoms with E-state index >= 15 is 0 Å². The zero-order valence-corrected chi connectivity index (χ0v) is 25.5. The number of piperazine rings is 1. The Balaban J connectivity index is 1.33. The van der Waals surface area contributed by atoms with E-state index in [1.54, 1.807) is 31.4 Å². The van der Waals surface area contributed by atoms with Crippen LogP contribution in [-0.2, 0) is 22.9 Å². The van der Waals surface area contributed by atoms with Gasteiger partial charge in [-0.05, 0) is 55.0 Å². The van der Waals surface area contributed by atoms with E-state index in [4.69, 9.17) is 16.3 Å². The summed E-state index contributed by atoms with van der Waals surface area (Å²) in [5.41, 5.74) is 4.15. The van der Waals surface area contributed by atoms with Crippen molar-refractivity contribution in [3.63, 3.8) is 0 Å². The van der Waals surface area contributed by atoms with Crippen molar-refractivity contribution in [3.05, 3.63) is 58.7 Å². The average Bonchev–Trinajstić information content (AvgIpc) is 3.18. The van der Waals surface area contributed by atoms with Crippen LogP contribution in [0.15, 0.2) is 42.6 Å². The number of rotatable bonds is 10. The second-order valence-electron chi connectivity index (χ2n) is 10.7. The van der Waals surface area contributed by atoms with E-state index in [2.05, 4.69) is 41.2 Å². The number of fused-ring (bicyclic) bond motifs is 1. The number of aliphatic hydroxyl groups is 1. The highest BCUT2D eigenvalue weighted by Crippen LogP contribution is 2.38. The maximum atomic E-state index is 11.8. The minimum atomic E-state index is -3.48. The van der Waals surface area contributed by atoms with Gasteiger partial charge in [-0.25, -0.2) is 13.4 Å². The fourth-order valence-electron chi connectivity index (χ4n) is 5.78. The predicted molar refractivity (Wildman–Crippen MR) is 167 cm³/mol. The number of nitrogens with one attached hydrogen (secondary N) is 3. The van der Waals surface area contributed by atoms with Crippen LogP contribution in [0.4, 0.5) is 28.8 Å². The molecule has 1 unspecified atom stereocenters. The first-order chi connectivity index (χ1) is 20.2. The molecule has 13 heteroatoms. The molecule has 5 rings (SSSR count). The Bertz CT molecular complexity index is 1500. The number of hydrogen-bond donors (Lipinski definition) is 4. The number of aromatic nitrogens is 2. The molecule has 3 aromatic rings. The summed E-state index contributed by atoms with van der Waals surface area (Å²) < 4.78 is 32.1. The highest BCUT2D eigenvalue weighted by Gasteiger charge is 2.28. The van der Waals surface area contributed by atoms with Gasteiger partial charge in [-0.3, -0.25) is 14.5 Å². The minimum absolute atomic E-state index is 0.211. The van der Waals surface area contributed by atoms with Gasteiger partial charge in [0.25, 0.3) is 0 Å². The molecule has 11 nitrogen and oxygen atoms in total. The van der Waals surface area contributed by atoms with Crippen LogP contribution in [-0.4, -0.2) is 92.0 Å². The van der Waals surface area contributed by atoms with Crippen molar-refractivity contribution in [3.8, 4) is 5.75 Å². The molecule has 0 saturated carbocycles. The summed E-state index contributed by atoms with van der Waals surface area (Å²) >= 11 is 6.41. The molecule has 1 aliphatic heterocycles. The summed E-state index contributed by atoms with van der Waals surface area (Å²) in [6.07, 6.45) is 6.68. The van der Waals surface area contributed by atoms with Crippen LogP contribution in [0.1, 0.15) is 24.0 Å². The van der Waals surface area contributed by atoms with Crippen molar-refractivity contribution in [1.29, 1.82) is 0 Å². The molecule has 42 heavy (non-hydrogen) atoms. The monoisotopic (exact) mass is 615 g/mol. The van der Waals surface area contributed by atoms with Gasteiger partial charge in [0.15, 0.2) is 5.82 Å². The van der Waals surface area contributed by atoms with Crippen LogP contribution < -0.4 is 20.1 Å². The molecule has 1 aliphatic carbocycles. The first-order valence-corrected chi connectivity index (χ1v) is 16.4. The first kappa shape index (κ1) is 30.3. The third-order valence-electron chi connectivity index (χ3n) is 7.79. The van der Waals surface area contributed by atoms with Crippen molar-refractivity contribution >= 4 is 50.5 Å². The lowest BCUT2D eigenvalue weighted by Gasteiger charge is -2.39. The lowest BCUT2D eigenvalue weighted by Crippen LogP contribution is -2.51. The molecule has 0 bridgehead atoms. The van der Waals surface area contributed by atoms with E-state index in [9.17, 15) is 13.5 Å². The summed E-state index contributed by atoms with van der Waals surface area (Å²) in [7, 11) is -1.79. The minimum Gasteiger partial charge on any atom is -0.494 e. The summed E-state index contributed by atoms with van der Waals surface area (Å²) in [5.74, 6) is 1.44. The van der Waals surface area contributed by atoms with Crippen LogP contribution >= 0.6 is 11.6 Å². The second kappa shape index (κ2) is 13.4. The molecule has 2 aliphatic rings. The predicted octanol–water partition coefficient (Wildman–Crippen LogP) is 3.85. The van der Waals surface area contributed by atoms with E-state index in [1.807, 2.05) is 6.07 Å². The maximum absolute atomic E-state index is 11.8. The van der Waals surface area contributed by atoms with Crippen LogP contribution in [0.3, 0.4) is 0 Å². The van der Waals surface area contributed by atoms with Crippen LogP contribution in [0.2, 0.25) is 5.02 Å². The number of β-amino-alcohol motifs (C(OH)–C–C–N with tert-alkyl or cyclic N) is 1. The van der Waals surface area contributed by atoms with Crippen LogP contribution in [0.5, 0.6) is 5.75 Å². The molecule has 0 radical (unpaired) electrons. The van der Waals surface area contributed by atoms with E-state index in [-0.39, 0.29) is 11.6 Å². The molecule has 2 aromatic carbocycles. The van der Waals surface area contributed by atoms with Crippen molar-refractivity contribution in [1.82, 2.24) is 19.8 Å². The molecular weight excluding hydrogens is 578 g/mol. The number of aliphatic hydroxyl groups excluding tert-OH is 1. The lowest BCUT2D eigenvalue weighted by molar-refractivity contribution is 0.0805. The van der Waals surface area contributed by atoms with Crippen LogP contribution in [0.25, 0.3) is 0 Å². The smallest absolute Gasteiger partial charge is 0.229 e. The van der Waals surface area contributed by atoms with Gasteiger partial charge in [-0.1, -0.05) is 29.8 Å². The van der Waals surface area contributed by atoms with E-state index < -0.39 is 10.0 Å². The summed E-state index contributed by atoms with van der Waals surface area (Å²) in [6, 6.07) is 11.6. The highest BCUT2D eigenvalue weighted by atomic mass is 35.5. The SMILES string of the molecule is COc1c(Nc2ncc(Cl)c(Nc3ccccc3NS(C)(=O)=O)n2)ccc2c1CCCC(N1CCN(CCO)CC1)C2. The molecule has 226 valence electrons. The number of ether oxygens (including phenoxy) is 1. The largest absolute Gasteiger partial charge is 0.494 e. The van der Waals surface area contributed by atoms with E-state index in [0.717, 1.165) is 76.1 Å². The quantitative estimate of drug-likeness (QED) is 0.249. The normalized spacial score (nSPS) is 18.1. The van der Waals surface area contributed by atoms with Gasteiger partial charge in [-0.2, -0.15) is 4.98 Å². The molecule has 0 spiro atoms. The Morgan fingerprint density at radius 2 is 1.83 bits per heavy atom. The molecule has 4 N–H and O–H groups in total. The first-order valence-electron chi connectivity index (χ1n) is 14.1. The van der Waals surface area contributed by atoms with Gasteiger partial charge in [0.2, 0.25) is 16.0 Å². The number of methoxy groups -OCH3 is 1. The summed E-state index contributed by atoms with van der Waals surface area (Å²) in [6.45, 7) is 4.99. The van der Waals surface area contributed by atoms with Crippen molar-refractivity contribution in [2.45, 2.75) is 31.7 Å². The fourth-order valence-corrected chi connectivity index (χ4v) is 6.50. The Morgan fingerprint density at radius 3 is 2.55 bits per heavy atom. The maximum Gasteiger partial charge on any atom is 0.229 e. The third-order valence-corrected chi connectivity index (χ3v) is 8.65. The number of halogens is 1. The van der Waals surface area contributed by atoms with Crippen molar-refractivity contribution < 1.29 is 18.3 Å². The number of para-hydroxylation sites is 2. The van der Waals surface area contributed by atoms with Gasteiger partial charge >= 0.3 is 0 Å². The molecule has 0 amide bonds. The van der Waals surface area contributed by atoms with Gasteiger partial charge in [0.1, 0.15) is 10.8 Å². The zero-order valence-electron chi connectivity index (χ0n) is 23.9. The highest BCUT2D eigenvalue weighted by molar-refractivity contribution is 7.92. The zero-order chi connectivity index (χ0) is 29.7. The Labute approximate surface area is 252 Å². The molecule has 1 atom stereocenters. The van der Waals surface area contributed by atoms with E-state index in [0.29, 0.717) is 29.2 Å². The summed E-state index contributed by atoms with van der Waals surface area (Å²) in [5, 5.41) is 16.0. The molecule has 1 aromatic heterocycles. The van der Waals surface area contributed by atoms with Gasteiger partial charge in [0.05, 0.1) is 43.2 Å². The topological polar surface area (TPSA) is 132 Å². The molecule has 2 heterocycles. The van der Waals surface area contributed by atoms with E-state index in [1.165, 1.54) is 17.3 Å². The van der Waals surface area contributed by atoms with Gasteiger partial charge < -0.3 is 20.5 Å². The Kier molecular flexibility index (Phi) is 9.69.